The minimum Gasteiger partial charge on any atom is -0.0999 e. The summed E-state index contributed by atoms with van der Waals surface area (Å²) in [5, 5.41) is 0. The van der Waals surface area contributed by atoms with Gasteiger partial charge in [-0.25, -0.2) is 0 Å². The van der Waals surface area contributed by atoms with Crippen LogP contribution in [0.4, 0.5) is 0 Å². The van der Waals surface area contributed by atoms with Crippen LogP contribution >= 0.6 is 0 Å². The van der Waals surface area contributed by atoms with E-state index in [0.29, 0.717) is 5.41 Å². The Morgan fingerprint density at radius 3 is 3.06 bits per heavy atom. The molecule has 0 heteroatoms. The molecule has 2 aliphatic carbocycles. The van der Waals surface area contributed by atoms with Crippen LogP contribution in [0.3, 0.4) is 0 Å². The number of hydrogen-bond donors (Lipinski definition) is 0. The summed E-state index contributed by atoms with van der Waals surface area (Å²) < 4.78 is 0. The van der Waals surface area contributed by atoms with Gasteiger partial charge in [0, 0.05) is 0 Å². The van der Waals surface area contributed by atoms with E-state index in [4.69, 9.17) is 0 Å². The van der Waals surface area contributed by atoms with Crippen molar-refractivity contribution in [3.05, 3.63) is 47.5 Å². The third-order valence-electron chi connectivity index (χ3n) is 4.51. The second-order valence-corrected chi connectivity index (χ2v) is 5.88. The first-order valence-corrected chi connectivity index (χ1v) is 6.40. The molecule has 0 N–H and O–H groups in total. The van der Waals surface area contributed by atoms with Gasteiger partial charge >= 0.3 is 0 Å². The standard InChI is InChI=1S/C16H20/c1-12-4-3-5-14(8-12)10-16-7-6-13(2)9-15(16)11-16/h3-5,8,15H,2,6-7,9-11H2,1H3/t15?,16-/m0/s1. The van der Waals surface area contributed by atoms with Crippen LogP contribution in [0, 0.1) is 18.3 Å². The smallest absolute Gasteiger partial charge is 0.0219 e. The third-order valence-corrected chi connectivity index (χ3v) is 4.51. The zero-order valence-corrected chi connectivity index (χ0v) is 10.1. The monoisotopic (exact) mass is 212 g/mol. The normalized spacial score (nSPS) is 32.3. The highest BCUT2D eigenvalue weighted by atomic mass is 14.6. The molecule has 16 heavy (non-hydrogen) atoms. The maximum Gasteiger partial charge on any atom is -0.0219 e. The van der Waals surface area contributed by atoms with Crippen LogP contribution in [0.5, 0.6) is 0 Å². The number of allylic oxidation sites excluding steroid dienone is 1. The Labute approximate surface area is 98.4 Å². The molecule has 1 aromatic carbocycles. The van der Waals surface area contributed by atoms with E-state index >= 15 is 0 Å². The number of fused-ring (bicyclic) bond motifs is 1. The molecule has 0 aromatic heterocycles. The molecule has 3 rings (SSSR count). The first kappa shape index (κ1) is 10.1. The second-order valence-electron chi connectivity index (χ2n) is 5.88. The largest absolute Gasteiger partial charge is 0.0999 e. The molecule has 0 saturated heterocycles. The molecule has 2 fully saturated rings. The number of rotatable bonds is 2. The maximum atomic E-state index is 4.14. The van der Waals surface area contributed by atoms with Gasteiger partial charge in [0.05, 0.1) is 0 Å². The van der Waals surface area contributed by atoms with Gasteiger partial charge in [-0.2, -0.15) is 0 Å². The van der Waals surface area contributed by atoms with Gasteiger partial charge in [0.1, 0.15) is 0 Å². The fourth-order valence-corrected chi connectivity index (χ4v) is 3.44. The van der Waals surface area contributed by atoms with E-state index in [1.165, 1.54) is 48.8 Å². The van der Waals surface area contributed by atoms with Gasteiger partial charge in [0.25, 0.3) is 0 Å². The van der Waals surface area contributed by atoms with Crippen molar-refractivity contribution in [1.29, 1.82) is 0 Å². The van der Waals surface area contributed by atoms with E-state index in [0.717, 1.165) is 5.92 Å². The van der Waals surface area contributed by atoms with E-state index in [1.807, 2.05) is 0 Å². The third kappa shape index (κ3) is 1.71. The van der Waals surface area contributed by atoms with Crippen LogP contribution < -0.4 is 0 Å². The SMILES string of the molecule is C=C1CC[C@]2(Cc3cccc(C)c3)CC2C1. The van der Waals surface area contributed by atoms with Crippen molar-refractivity contribution in [3.8, 4) is 0 Å². The average Bonchev–Trinajstić information content (AvgIpc) is 2.91. The summed E-state index contributed by atoms with van der Waals surface area (Å²) >= 11 is 0. The molecule has 0 heterocycles. The van der Waals surface area contributed by atoms with E-state index in [1.54, 1.807) is 0 Å². The Balaban J connectivity index is 1.75. The molecular weight excluding hydrogens is 192 g/mol. The summed E-state index contributed by atoms with van der Waals surface area (Å²) in [7, 11) is 0. The lowest BCUT2D eigenvalue weighted by atomic mass is 9.82. The minimum absolute atomic E-state index is 0.662. The molecule has 2 atom stereocenters. The van der Waals surface area contributed by atoms with Gasteiger partial charge in [-0.05, 0) is 55.9 Å². The highest BCUT2D eigenvalue weighted by Gasteiger charge is 2.54. The topological polar surface area (TPSA) is 0 Å². The molecule has 1 aromatic rings. The van der Waals surface area contributed by atoms with Gasteiger partial charge in [0.2, 0.25) is 0 Å². The number of hydrogen-bond acceptors (Lipinski definition) is 0. The molecule has 0 amide bonds. The van der Waals surface area contributed by atoms with Crippen LogP contribution in [-0.4, -0.2) is 0 Å². The summed E-state index contributed by atoms with van der Waals surface area (Å²) in [5.41, 5.74) is 5.08. The number of benzene rings is 1. The molecule has 2 saturated carbocycles. The lowest BCUT2D eigenvalue weighted by molar-refractivity contribution is 0.379. The van der Waals surface area contributed by atoms with Crippen molar-refractivity contribution in [1.82, 2.24) is 0 Å². The average molecular weight is 212 g/mol. The molecule has 1 unspecified atom stereocenters. The van der Waals surface area contributed by atoms with Gasteiger partial charge < -0.3 is 0 Å². The molecule has 0 aliphatic heterocycles. The molecule has 0 radical (unpaired) electrons. The summed E-state index contributed by atoms with van der Waals surface area (Å²) in [6.07, 6.45) is 6.69. The highest BCUT2D eigenvalue weighted by Crippen LogP contribution is 2.63. The summed E-state index contributed by atoms with van der Waals surface area (Å²) in [5.74, 6) is 0.953. The number of aryl methyl sites for hydroxylation is 1. The highest BCUT2D eigenvalue weighted by molar-refractivity contribution is 5.27. The van der Waals surface area contributed by atoms with Gasteiger partial charge in [-0.15, -0.1) is 0 Å². The Morgan fingerprint density at radius 2 is 2.31 bits per heavy atom. The van der Waals surface area contributed by atoms with Crippen molar-refractivity contribution in [2.75, 3.05) is 0 Å². The van der Waals surface area contributed by atoms with Crippen molar-refractivity contribution < 1.29 is 0 Å². The Bertz CT molecular complexity index is 429. The van der Waals surface area contributed by atoms with Crippen LogP contribution in [0.15, 0.2) is 36.4 Å². The van der Waals surface area contributed by atoms with Gasteiger partial charge in [-0.1, -0.05) is 42.0 Å². The Kier molecular flexibility index (Phi) is 2.20. The van der Waals surface area contributed by atoms with Crippen LogP contribution in [0.1, 0.15) is 36.8 Å². The summed E-state index contributed by atoms with van der Waals surface area (Å²) in [6.45, 7) is 6.33. The maximum absolute atomic E-state index is 4.14. The Hall–Kier alpha value is -1.04. The second kappa shape index (κ2) is 3.48. The van der Waals surface area contributed by atoms with Gasteiger partial charge in [0.15, 0.2) is 0 Å². The van der Waals surface area contributed by atoms with Gasteiger partial charge in [-0.3, -0.25) is 0 Å². The summed E-state index contributed by atoms with van der Waals surface area (Å²) in [6, 6.07) is 9.03. The van der Waals surface area contributed by atoms with E-state index in [2.05, 4.69) is 37.8 Å². The molecule has 0 bridgehead atoms. The molecular formula is C16H20. The lowest BCUT2D eigenvalue weighted by Crippen LogP contribution is -2.13. The fraction of sp³-hybridized carbons (Fsp3) is 0.500. The zero-order valence-electron chi connectivity index (χ0n) is 10.1. The lowest BCUT2D eigenvalue weighted by Gasteiger charge is -2.23. The first-order chi connectivity index (χ1) is 7.68. The van der Waals surface area contributed by atoms with Crippen LogP contribution in [0.2, 0.25) is 0 Å². The van der Waals surface area contributed by atoms with Crippen molar-refractivity contribution in [2.24, 2.45) is 11.3 Å². The predicted octanol–water partition coefficient (Wildman–Crippen LogP) is 4.28. The fourth-order valence-electron chi connectivity index (χ4n) is 3.44. The first-order valence-electron chi connectivity index (χ1n) is 6.40. The molecule has 0 nitrogen and oxygen atoms in total. The molecule has 84 valence electrons. The van der Waals surface area contributed by atoms with E-state index < -0.39 is 0 Å². The summed E-state index contributed by atoms with van der Waals surface area (Å²) in [4.78, 5) is 0. The predicted molar refractivity (Wildman–Crippen MR) is 68.4 cm³/mol. The van der Waals surface area contributed by atoms with Crippen molar-refractivity contribution in [3.63, 3.8) is 0 Å². The molecule has 0 spiro atoms. The van der Waals surface area contributed by atoms with Crippen molar-refractivity contribution in [2.45, 2.75) is 39.0 Å². The quantitative estimate of drug-likeness (QED) is 0.642. The van der Waals surface area contributed by atoms with E-state index in [9.17, 15) is 0 Å². The van der Waals surface area contributed by atoms with E-state index in [-0.39, 0.29) is 0 Å². The minimum atomic E-state index is 0.662. The Morgan fingerprint density at radius 1 is 1.44 bits per heavy atom. The molecule has 2 aliphatic rings. The zero-order chi connectivity index (χ0) is 11.2. The van der Waals surface area contributed by atoms with Crippen LogP contribution in [-0.2, 0) is 6.42 Å². The van der Waals surface area contributed by atoms with Crippen LogP contribution in [0.25, 0.3) is 0 Å². The van der Waals surface area contributed by atoms with Crippen molar-refractivity contribution >= 4 is 0 Å².